The second kappa shape index (κ2) is 14.3. The van der Waals surface area contributed by atoms with Crippen LogP contribution in [0.2, 0.25) is 0 Å². The Morgan fingerprint density at radius 2 is 0.836 bits per heavy atom. The van der Waals surface area contributed by atoms with Crippen LogP contribution in [-0.2, 0) is 0 Å². The average molecular weight is 780 g/mol. The summed E-state index contributed by atoms with van der Waals surface area (Å²) in [6, 6.07) is 80.0. The quantitative estimate of drug-likeness (QED) is 0.161. The molecule has 0 spiro atoms. The summed E-state index contributed by atoms with van der Waals surface area (Å²) < 4.78 is 12.8. The van der Waals surface area contributed by atoms with Gasteiger partial charge in [0.1, 0.15) is 22.3 Å². The van der Waals surface area contributed by atoms with Crippen LogP contribution in [0.5, 0.6) is 0 Å². The first-order valence-corrected chi connectivity index (χ1v) is 20.7. The molecule has 0 fully saturated rings. The Balaban J connectivity index is 0.983. The fourth-order valence-electron chi connectivity index (χ4n) is 9.14. The third kappa shape index (κ3) is 5.98. The van der Waals surface area contributed by atoms with Crippen molar-refractivity contribution in [3.05, 3.63) is 224 Å². The van der Waals surface area contributed by atoms with Gasteiger partial charge in [0.15, 0.2) is 0 Å². The molecule has 3 heteroatoms. The lowest BCUT2D eigenvalue weighted by Gasteiger charge is -2.28. The SMILES string of the molecule is c1cc(-c2ccc(N(c3ccc(-c4cccc5c4oc4ccccc45)cc3)c3ccccc3-c3cccc4oc5ccccc5c34)cc2)cc(-c2ccc3ccccc3c2)c1. The molecule has 0 radical (unpaired) electrons. The summed E-state index contributed by atoms with van der Waals surface area (Å²) in [6.07, 6.45) is 0. The normalized spacial score (nSPS) is 11.6. The molecule has 12 aromatic rings. The zero-order valence-electron chi connectivity index (χ0n) is 33.1. The van der Waals surface area contributed by atoms with Gasteiger partial charge in [0.05, 0.1) is 5.69 Å². The second-order valence-electron chi connectivity index (χ2n) is 15.6. The third-order valence-corrected chi connectivity index (χ3v) is 12.1. The van der Waals surface area contributed by atoms with Crippen LogP contribution in [0.4, 0.5) is 17.1 Å². The Morgan fingerprint density at radius 1 is 0.295 bits per heavy atom. The van der Waals surface area contributed by atoms with E-state index in [0.717, 1.165) is 88.8 Å². The minimum Gasteiger partial charge on any atom is -0.456 e. The fourth-order valence-corrected chi connectivity index (χ4v) is 9.14. The molecule has 0 atom stereocenters. The lowest BCUT2D eigenvalue weighted by atomic mass is 9.96. The Morgan fingerprint density at radius 3 is 1.66 bits per heavy atom. The number of rotatable bonds is 7. The molecule has 286 valence electrons. The largest absolute Gasteiger partial charge is 0.456 e. The van der Waals surface area contributed by atoms with Crippen LogP contribution >= 0.6 is 0 Å². The summed E-state index contributed by atoms with van der Waals surface area (Å²) in [6.45, 7) is 0. The Hall–Kier alpha value is -8.14. The van der Waals surface area contributed by atoms with Gasteiger partial charge in [-0.05, 0) is 105 Å². The van der Waals surface area contributed by atoms with Crippen molar-refractivity contribution in [2.75, 3.05) is 4.90 Å². The van der Waals surface area contributed by atoms with E-state index >= 15 is 0 Å². The van der Waals surface area contributed by atoms with Gasteiger partial charge in [-0.25, -0.2) is 0 Å². The zero-order chi connectivity index (χ0) is 40.3. The molecule has 0 N–H and O–H groups in total. The van der Waals surface area contributed by atoms with E-state index in [1.165, 1.54) is 27.5 Å². The van der Waals surface area contributed by atoms with Crippen molar-refractivity contribution in [1.29, 1.82) is 0 Å². The summed E-state index contributed by atoms with van der Waals surface area (Å²) in [5.74, 6) is 0. The molecule has 3 nitrogen and oxygen atoms in total. The van der Waals surface area contributed by atoms with Gasteiger partial charge in [0.25, 0.3) is 0 Å². The Labute approximate surface area is 353 Å². The predicted molar refractivity (Wildman–Crippen MR) is 255 cm³/mol. The van der Waals surface area contributed by atoms with Crippen LogP contribution in [0.1, 0.15) is 0 Å². The smallest absolute Gasteiger partial charge is 0.143 e. The van der Waals surface area contributed by atoms with Crippen molar-refractivity contribution in [2.24, 2.45) is 0 Å². The highest BCUT2D eigenvalue weighted by Gasteiger charge is 2.21. The van der Waals surface area contributed by atoms with Gasteiger partial charge in [-0.2, -0.15) is 0 Å². The number of hydrogen-bond donors (Lipinski definition) is 0. The van der Waals surface area contributed by atoms with Crippen molar-refractivity contribution in [1.82, 2.24) is 0 Å². The average Bonchev–Trinajstić information content (AvgIpc) is 3.91. The predicted octanol–water partition coefficient (Wildman–Crippen LogP) is 16.8. The molecule has 0 bridgehead atoms. The van der Waals surface area contributed by atoms with Crippen LogP contribution in [0.3, 0.4) is 0 Å². The molecule has 2 heterocycles. The first-order chi connectivity index (χ1) is 30.2. The van der Waals surface area contributed by atoms with Crippen molar-refractivity contribution in [3.8, 4) is 44.5 Å². The fraction of sp³-hybridized carbons (Fsp3) is 0. The highest BCUT2D eigenvalue weighted by atomic mass is 16.3. The molecule has 0 saturated heterocycles. The standard InChI is InChI=1S/C58H37NO2/c1-2-13-41-37-44(27-26-38(41)12-1)43-15-9-14-42(36-43)39-28-32-45(33-29-39)59(46-34-30-40(31-35-46)47-19-10-21-51-49-17-4-7-23-54(49)61-58(47)51)53-22-6-3-16-48(53)50-20-11-25-56-57(50)52-18-5-8-24-55(52)60-56/h1-37H. The Bertz CT molecular complexity index is 3590. The van der Waals surface area contributed by atoms with Gasteiger partial charge >= 0.3 is 0 Å². The molecule has 0 aliphatic carbocycles. The van der Waals surface area contributed by atoms with E-state index in [2.05, 4.69) is 205 Å². The number of para-hydroxylation sites is 4. The molecule has 61 heavy (non-hydrogen) atoms. The van der Waals surface area contributed by atoms with Crippen LogP contribution in [0.15, 0.2) is 233 Å². The van der Waals surface area contributed by atoms with E-state index in [-0.39, 0.29) is 0 Å². The highest BCUT2D eigenvalue weighted by Crippen LogP contribution is 2.46. The molecule has 0 aliphatic rings. The van der Waals surface area contributed by atoms with Gasteiger partial charge in [-0.3, -0.25) is 0 Å². The maximum absolute atomic E-state index is 6.46. The first-order valence-electron chi connectivity index (χ1n) is 20.7. The lowest BCUT2D eigenvalue weighted by Crippen LogP contribution is -2.11. The van der Waals surface area contributed by atoms with E-state index in [1.807, 2.05) is 24.3 Å². The zero-order valence-corrected chi connectivity index (χ0v) is 33.1. The minimum absolute atomic E-state index is 0.874. The summed E-state index contributed by atoms with van der Waals surface area (Å²) in [5.41, 5.74) is 15.9. The van der Waals surface area contributed by atoms with Crippen molar-refractivity contribution < 1.29 is 8.83 Å². The number of hydrogen-bond acceptors (Lipinski definition) is 3. The molecular weight excluding hydrogens is 743 g/mol. The highest BCUT2D eigenvalue weighted by molar-refractivity contribution is 6.14. The molecule has 0 unspecified atom stereocenters. The molecule has 0 amide bonds. The van der Waals surface area contributed by atoms with Gasteiger partial charge in [0, 0.05) is 44.0 Å². The van der Waals surface area contributed by atoms with E-state index in [1.54, 1.807) is 0 Å². The van der Waals surface area contributed by atoms with Crippen LogP contribution in [-0.4, -0.2) is 0 Å². The molecule has 10 aromatic carbocycles. The minimum atomic E-state index is 0.874. The molecule has 0 saturated carbocycles. The van der Waals surface area contributed by atoms with Crippen LogP contribution in [0, 0.1) is 0 Å². The Kier molecular flexibility index (Phi) is 8.17. The van der Waals surface area contributed by atoms with Crippen LogP contribution < -0.4 is 4.90 Å². The number of furan rings is 2. The number of nitrogens with zero attached hydrogens (tertiary/aromatic N) is 1. The van der Waals surface area contributed by atoms with Gasteiger partial charge in [-0.1, -0.05) is 164 Å². The number of benzene rings is 10. The van der Waals surface area contributed by atoms with E-state index in [0.29, 0.717) is 0 Å². The summed E-state index contributed by atoms with van der Waals surface area (Å²) in [7, 11) is 0. The molecule has 0 aliphatic heterocycles. The van der Waals surface area contributed by atoms with Gasteiger partial charge in [-0.15, -0.1) is 0 Å². The van der Waals surface area contributed by atoms with Gasteiger partial charge < -0.3 is 13.7 Å². The third-order valence-electron chi connectivity index (χ3n) is 12.1. The summed E-state index contributed by atoms with van der Waals surface area (Å²) in [5, 5.41) is 6.96. The van der Waals surface area contributed by atoms with Gasteiger partial charge in [0.2, 0.25) is 0 Å². The molecule has 2 aromatic heterocycles. The molecule has 12 rings (SSSR count). The topological polar surface area (TPSA) is 29.5 Å². The lowest BCUT2D eigenvalue weighted by molar-refractivity contribution is 0.669. The number of fused-ring (bicyclic) bond motifs is 7. The van der Waals surface area contributed by atoms with Crippen molar-refractivity contribution >= 4 is 71.7 Å². The maximum atomic E-state index is 6.46. The second-order valence-corrected chi connectivity index (χ2v) is 15.6. The monoisotopic (exact) mass is 779 g/mol. The van der Waals surface area contributed by atoms with E-state index < -0.39 is 0 Å². The summed E-state index contributed by atoms with van der Waals surface area (Å²) >= 11 is 0. The van der Waals surface area contributed by atoms with Crippen molar-refractivity contribution in [2.45, 2.75) is 0 Å². The first kappa shape index (κ1) is 34.9. The number of anilines is 3. The van der Waals surface area contributed by atoms with Crippen LogP contribution in [0.25, 0.3) is 99.2 Å². The van der Waals surface area contributed by atoms with Crippen molar-refractivity contribution in [3.63, 3.8) is 0 Å². The molecular formula is C58H37NO2. The maximum Gasteiger partial charge on any atom is 0.143 e. The van der Waals surface area contributed by atoms with E-state index in [9.17, 15) is 0 Å². The summed E-state index contributed by atoms with van der Waals surface area (Å²) in [4.78, 5) is 2.37. The van der Waals surface area contributed by atoms with E-state index in [4.69, 9.17) is 8.83 Å².